The van der Waals surface area contributed by atoms with Gasteiger partial charge in [-0.05, 0) is 32.0 Å². The third kappa shape index (κ3) is 3.79. The largest absolute Gasteiger partial charge is 0.317 e. The van der Waals surface area contributed by atoms with Gasteiger partial charge in [0.1, 0.15) is 5.65 Å². The normalized spacial score (nSPS) is 16.6. The molecule has 1 saturated heterocycles. The summed E-state index contributed by atoms with van der Waals surface area (Å²) in [5.74, 6) is 0. The molecule has 2 aromatic rings. The number of hydrogen-bond acceptors (Lipinski definition) is 4. The SMILES string of the molecule is CNC1CCN(Cc2cc(=O)n3cc(Cl)ccc3n2)CC1.Cl. The summed E-state index contributed by atoms with van der Waals surface area (Å²) in [4.78, 5) is 19.0. The molecule has 7 heteroatoms. The van der Waals surface area contributed by atoms with Crippen molar-refractivity contribution in [3.63, 3.8) is 0 Å². The van der Waals surface area contributed by atoms with Gasteiger partial charge in [-0.25, -0.2) is 4.98 Å². The molecule has 0 atom stereocenters. The Morgan fingerprint density at radius 1 is 1.36 bits per heavy atom. The van der Waals surface area contributed by atoms with E-state index in [4.69, 9.17) is 11.6 Å². The van der Waals surface area contributed by atoms with E-state index in [1.54, 1.807) is 24.4 Å². The lowest BCUT2D eigenvalue weighted by molar-refractivity contribution is 0.192. The van der Waals surface area contributed by atoms with Crippen LogP contribution in [-0.4, -0.2) is 40.5 Å². The topological polar surface area (TPSA) is 49.6 Å². The molecule has 1 aliphatic rings. The summed E-state index contributed by atoms with van der Waals surface area (Å²) in [5, 5.41) is 3.85. The Balaban J connectivity index is 0.00000176. The Morgan fingerprint density at radius 2 is 2.09 bits per heavy atom. The zero-order valence-corrected chi connectivity index (χ0v) is 14.0. The number of piperidine rings is 1. The molecule has 1 aliphatic heterocycles. The first-order chi connectivity index (χ1) is 10.2. The maximum absolute atomic E-state index is 12.1. The fraction of sp³-hybridized carbons (Fsp3) is 0.467. The van der Waals surface area contributed by atoms with Gasteiger partial charge in [-0.1, -0.05) is 11.6 Å². The molecule has 0 saturated carbocycles. The van der Waals surface area contributed by atoms with Gasteiger partial charge in [0.05, 0.1) is 10.7 Å². The van der Waals surface area contributed by atoms with Crippen LogP contribution in [0.1, 0.15) is 18.5 Å². The summed E-state index contributed by atoms with van der Waals surface area (Å²) < 4.78 is 1.49. The molecular weight excluding hydrogens is 323 g/mol. The lowest BCUT2D eigenvalue weighted by Crippen LogP contribution is -2.41. The van der Waals surface area contributed by atoms with Crippen LogP contribution in [0.4, 0.5) is 0 Å². The second-order valence-electron chi connectivity index (χ2n) is 5.50. The maximum atomic E-state index is 12.1. The number of aromatic nitrogens is 2. The quantitative estimate of drug-likeness (QED) is 0.926. The number of pyridine rings is 1. The van der Waals surface area contributed by atoms with Crippen molar-refractivity contribution in [2.24, 2.45) is 0 Å². The summed E-state index contributed by atoms with van der Waals surface area (Å²) in [6.45, 7) is 2.80. The second kappa shape index (κ2) is 7.42. The van der Waals surface area contributed by atoms with Gasteiger partial charge >= 0.3 is 0 Å². The molecular formula is C15H20Cl2N4O. The molecule has 0 aliphatic carbocycles. The number of fused-ring (bicyclic) bond motifs is 1. The molecule has 0 aromatic carbocycles. The lowest BCUT2D eigenvalue weighted by atomic mass is 10.1. The summed E-state index contributed by atoms with van der Waals surface area (Å²) in [7, 11) is 2.01. The minimum atomic E-state index is -0.0809. The molecule has 1 N–H and O–H groups in total. The number of hydrogen-bond donors (Lipinski definition) is 1. The van der Waals surface area contributed by atoms with Crippen LogP contribution in [0, 0.1) is 0 Å². The smallest absolute Gasteiger partial charge is 0.258 e. The summed E-state index contributed by atoms with van der Waals surface area (Å²) in [6.07, 6.45) is 3.88. The van der Waals surface area contributed by atoms with E-state index < -0.39 is 0 Å². The van der Waals surface area contributed by atoms with Crippen molar-refractivity contribution in [2.45, 2.75) is 25.4 Å². The number of halogens is 2. The number of nitrogens with one attached hydrogen (secondary N) is 1. The van der Waals surface area contributed by atoms with E-state index in [1.807, 2.05) is 7.05 Å². The molecule has 0 radical (unpaired) electrons. The molecule has 3 heterocycles. The van der Waals surface area contributed by atoms with E-state index in [-0.39, 0.29) is 18.0 Å². The van der Waals surface area contributed by atoms with Gasteiger partial charge in [0.2, 0.25) is 0 Å². The van der Waals surface area contributed by atoms with Crippen molar-refractivity contribution >= 4 is 29.7 Å². The first-order valence-electron chi connectivity index (χ1n) is 7.23. The van der Waals surface area contributed by atoms with Crippen LogP contribution in [0.15, 0.2) is 29.2 Å². The average molecular weight is 343 g/mol. The fourth-order valence-corrected chi connectivity index (χ4v) is 2.98. The van der Waals surface area contributed by atoms with Crippen LogP contribution in [-0.2, 0) is 6.54 Å². The molecule has 0 bridgehead atoms. The molecule has 0 amide bonds. The van der Waals surface area contributed by atoms with Crippen LogP contribution in [0.5, 0.6) is 0 Å². The monoisotopic (exact) mass is 342 g/mol. The van der Waals surface area contributed by atoms with Crippen LogP contribution in [0.25, 0.3) is 5.65 Å². The van der Waals surface area contributed by atoms with Crippen LogP contribution < -0.4 is 10.9 Å². The molecule has 0 unspecified atom stereocenters. The van der Waals surface area contributed by atoms with Crippen molar-refractivity contribution in [1.82, 2.24) is 19.6 Å². The Kier molecular flexibility index (Phi) is 5.81. The highest BCUT2D eigenvalue weighted by molar-refractivity contribution is 6.30. The van der Waals surface area contributed by atoms with Crippen molar-refractivity contribution in [2.75, 3.05) is 20.1 Å². The summed E-state index contributed by atoms with van der Waals surface area (Å²) in [6, 6.07) is 5.75. The van der Waals surface area contributed by atoms with Gasteiger partial charge in [0.25, 0.3) is 5.56 Å². The summed E-state index contributed by atoms with van der Waals surface area (Å²) >= 11 is 5.91. The van der Waals surface area contributed by atoms with E-state index >= 15 is 0 Å². The number of nitrogens with zero attached hydrogens (tertiary/aromatic N) is 3. The van der Waals surface area contributed by atoms with Gasteiger partial charge < -0.3 is 5.32 Å². The molecule has 120 valence electrons. The standard InChI is InChI=1S/C15H19ClN4O.ClH/c1-17-12-4-6-19(7-5-12)10-13-8-15(21)20-9-11(16)2-3-14(20)18-13;/h2-3,8-9,12,17H,4-7,10H2,1H3;1H. The number of likely N-dealkylation sites (tertiary alicyclic amines) is 1. The minimum Gasteiger partial charge on any atom is -0.317 e. The molecule has 1 fully saturated rings. The van der Waals surface area contributed by atoms with Gasteiger partial charge in [-0.3, -0.25) is 14.1 Å². The third-order valence-corrected chi connectivity index (χ3v) is 4.28. The molecule has 3 rings (SSSR count). The molecule has 5 nitrogen and oxygen atoms in total. The van der Waals surface area contributed by atoms with Crippen molar-refractivity contribution < 1.29 is 0 Å². The van der Waals surface area contributed by atoms with Gasteiger partial charge in [0, 0.05) is 37.9 Å². The zero-order valence-electron chi connectivity index (χ0n) is 12.5. The van der Waals surface area contributed by atoms with Gasteiger partial charge in [-0.15, -0.1) is 12.4 Å². The predicted octanol–water partition coefficient (Wildman–Crippen LogP) is 1.95. The van der Waals surface area contributed by atoms with Gasteiger partial charge in [-0.2, -0.15) is 0 Å². The van der Waals surface area contributed by atoms with Crippen molar-refractivity contribution in [3.05, 3.63) is 45.5 Å². The highest BCUT2D eigenvalue weighted by atomic mass is 35.5. The predicted molar refractivity (Wildman–Crippen MR) is 91.1 cm³/mol. The number of rotatable bonds is 3. The Labute approximate surface area is 140 Å². The third-order valence-electron chi connectivity index (χ3n) is 4.06. The minimum absolute atomic E-state index is 0. The van der Waals surface area contributed by atoms with E-state index in [0.717, 1.165) is 38.2 Å². The Hall–Kier alpha value is -1.14. The van der Waals surface area contributed by atoms with E-state index in [2.05, 4.69) is 15.2 Å². The van der Waals surface area contributed by atoms with Crippen LogP contribution in [0.2, 0.25) is 5.02 Å². The van der Waals surface area contributed by atoms with Gasteiger partial charge in [0.15, 0.2) is 0 Å². The Morgan fingerprint density at radius 3 is 2.77 bits per heavy atom. The summed E-state index contributed by atoms with van der Waals surface area (Å²) in [5.41, 5.74) is 1.39. The Bertz CT molecular complexity index is 695. The van der Waals surface area contributed by atoms with Crippen molar-refractivity contribution in [3.8, 4) is 0 Å². The van der Waals surface area contributed by atoms with E-state index in [9.17, 15) is 4.79 Å². The average Bonchev–Trinajstić information content (AvgIpc) is 2.49. The van der Waals surface area contributed by atoms with Crippen LogP contribution in [0.3, 0.4) is 0 Å². The van der Waals surface area contributed by atoms with Crippen molar-refractivity contribution in [1.29, 1.82) is 0 Å². The highest BCUT2D eigenvalue weighted by Gasteiger charge is 2.18. The molecule has 2 aromatic heterocycles. The highest BCUT2D eigenvalue weighted by Crippen LogP contribution is 2.13. The van der Waals surface area contributed by atoms with E-state index in [1.165, 1.54) is 4.40 Å². The molecule has 22 heavy (non-hydrogen) atoms. The lowest BCUT2D eigenvalue weighted by Gasteiger charge is -2.31. The first kappa shape index (κ1) is 17.2. The van der Waals surface area contributed by atoms with Crippen LogP contribution >= 0.6 is 24.0 Å². The fourth-order valence-electron chi connectivity index (χ4n) is 2.82. The first-order valence-corrected chi connectivity index (χ1v) is 7.61. The second-order valence-corrected chi connectivity index (χ2v) is 5.94. The maximum Gasteiger partial charge on any atom is 0.258 e. The van der Waals surface area contributed by atoms with E-state index in [0.29, 0.717) is 16.7 Å². The molecule has 0 spiro atoms. The zero-order chi connectivity index (χ0) is 14.8.